The van der Waals surface area contributed by atoms with E-state index < -0.39 is 111 Å². The molecule has 302 valence electrons. The second-order valence-corrected chi connectivity index (χ2v) is 18.5. The third-order valence-corrected chi connectivity index (χ3v) is 15.5. The van der Waals surface area contributed by atoms with Gasteiger partial charge in [-0.1, -0.05) is 13.8 Å². The lowest BCUT2D eigenvalue weighted by Crippen LogP contribution is -2.85. The minimum absolute atomic E-state index is 0.250. The van der Waals surface area contributed by atoms with Crippen molar-refractivity contribution in [2.45, 2.75) is 164 Å². The van der Waals surface area contributed by atoms with Crippen molar-refractivity contribution in [2.24, 2.45) is 10.8 Å². The molecule has 3 heterocycles. The molecule has 3 saturated heterocycles. The van der Waals surface area contributed by atoms with Gasteiger partial charge in [-0.15, -0.1) is 0 Å². The monoisotopic (exact) mass is 740 g/mol. The second kappa shape index (κ2) is 12.5. The van der Waals surface area contributed by atoms with E-state index in [1.54, 1.807) is 20.8 Å². The van der Waals surface area contributed by atoms with Crippen LogP contribution >= 0.6 is 0 Å². The molecule has 0 saturated carbocycles. The van der Waals surface area contributed by atoms with E-state index in [9.17, 15) is 51.1 Å². The zero-order valence-electron chi connectivity index (χ0n) is 33.2. The van der Waals surface area contributed by atoms with Crippen molar-refractivity contribution in [1.29, 1.82) is 0 Å². The van der Waals surface area contributed by atoms with Crippen LogP contribution in [-0.4, -0.2) is 171 Å². The molecule has 15 nitrogen and oxygen atoms in total. The van der Waals surface area contributed by atoms with E-state index in [-0.39, 0.29) is 19.8 Å². The molecule has 3 fully saturated rings. The molecule has 0 radical (unpaired) electrons. The van der Waals surface area contributed by atoms with Gasteiger partial charge in [0.2, 0.25) is 0 Å². The summed E-state index contributed by atoms with van der Waals surface area (Å²) in [6.07, 6.45) is 0. The lowest BCUT2D eigenvalue weighted by molar-refractivity contribution is -0.416. The van der Waals surface area contributed by atoms with Gasteiger partial charge in [0.25, 0.3) is 0 Å². The number of aliphatic hydroxyl groups is 10. The summed E-state index contributed by atoms with van der Waals surface area (Å²) in [5.41, 5.74) is -25.5. The average Bonchev–Trinajstić information content (AvgIpc) is 3.00. The molecule has 14 atom stereocenters. The van der Waals surface area contributed by atoms with E-state index in [2.05, 4.69) is 0 Å². The van der Waals surface area contributed by atoms with Gasteiger partial charge in [0.15, 0.2) is 0 Å². The molecule has 15 heteroatoms. The summed E-state index contributed by atoms with van der Waals surface area (Å²) in [6, 6.07) is 0. The van der Waals surface area contributed by atoms with Gasteiger partial charge in [0.1, 0.15) is 61.6 Å². The molecule has 0 aromatic heterocycles. The minimum atomic E-state index is -2.23. The average molecular weight is 741 g/mol. The second-order valence-electron chi connectivity index (χ2n) is 18.5. The molecular formula is C36H68O15. The Balaban J connectivity index is 2.00. The van der Waals surface area contributed by atoms with E-state index >= 15 is 0 Å². The van der Waals surface area contributed by atoms with E-state index in [0.717, 1.165) is 0 Å². The lowest BCUT2D eigenvalue weighted by Gasteiger charge is -2.68. The van der Waals surface area contributed by atoms with Crippen LogP contribution in [0.15, 0.2) is 0 Å². The maximum Gasteiger partial charge on any atom is 0.124 e. The maximum absolute atomic E-state index is 12.5. The topological polar surface area (TPSA) is 248 Å². The van der Waals surface area contributed by atoms with Crippen molar-refractivity contribution >= 4 is 0 Å². The van der Waals surface area contributed by atoms with Crippen LogP contribution < -0.4 is 0 Å². The molecule has 6 unspecified atom stereocenters. The quantitative estimate of drug-likeness (QED) is 0.124. The molecular weight excluding hydrogens is 672 g/mol. The van der Waals surface area contributed by atoms with Crippen LogP contribution in [0.25, 0.3) is 0 Å². The molecule has 0 bridgehead atoms. The highest BCUT2D eigenvalue weighted by Crippen LogP contribution is 2.60. The number of ether oxygens (including phenoxy) is 5. The van der Waals surface area contributed by atoms with Gasteiger partial charge in [0, 0.05) is 0 Å². The molecule has 3 aliphatic rings. The highest BCUT2D eigenvalue weighted by Gasteiger charge is 2.76. The normalized spacial score (nSPS) is 58.1. The van der Waals surface area contributed by atoms with Crippen molar-refractivity contribution in [3.63, 3.8) is 0 Å². The summed E-state index contributed by atoms with van der Waals surface area (Å²) in [6.45, 7) is 16.3. The minimum Gasteiger partial charge on any atom is -0.393 e. The first kappa shape index (κ1) is 44.8. The Kier molecular flexibility index (Phi) is 10.9. The van der Waals surface area contributed by atoms with Gasteiger partial charge in [0.05, 0.1) is 69.3 Å². The fourth-order valence-corrected chi connectivity index (χ4v) is 8.65. The lowest BCUT2D eigenvalue weighted by atomic mass is 9.52. The van der Waals surface area contributed by atoms with Crippen LogP contribution in [0.3, 0.4) is 0 Å². The molecule has 0 amide bonds. The first-order chi connectivity index (χ1) is 22.5. The molecule has 51 heavy (non-hydrogen) atoms. The van der Waals surface area contributed by atoms with Crippen LogP contribution in [0.4, 0.5) is 0 Å². The molecule has 3 aliphatic heterocycles. The zero-order valence-corrected chi connectivity index (χ0v) is 33.2. The molecule has 3 rings (SSSR count). The van der Waals surface area contributed by atoms with Gasteiger partial charge in [-0.05, 0) is 83.1 Å². The van der Waals surface area contributed by atoms with Crippen molar-refractivity contribution < 1.29 is 74.7 Å². The predicted octanol–water partition coefficient (Wildman–Crippen LogP) is -0.850. The Morgan fingerprint density at radius 3 is 1.14 bits per heavy atom. The zero-order chi connectivity index (χ0) is 40.2. The Morgan fingerprint density at radius 1 is 0.392 bits per heavy atom. The Hall–Kier alpha value is -0.600. The van der Waals surface area contributed by atoms with Crippen LogP contribution in [-0.2, 0) is 23.7 Å². The van der Waals surface area contributed by atoms with Gasteiger partial charge in [-0.2, -0.15) is 0 Å². The summed E-state index contributed by atoms with van der Waals surface area (Å²) < 4.78 is 30.9. The Morgan fingerprint density at radius 2 is 0.725 bits per heavy atom. The Bertz CT molecular complexity index is 1300. The first-order valence-electron chi connectivity index (χ1n) is 17.6. The highest BCUT2D eigenvalue weighted by atomic mass is 16.6. The third-order valence-electron chi connectivity index (χ3n) is 15.5. The van der Waals surface area contributed by atoms with Crippen molar-refractivity contribution in [3.8, 4) is 0 Å². The van der Waals surface area contributed by atoms with Crippen LogP contribution in [0.2, 0.25) is 0 Å². The number of hydrogen-bond donors (Lipinski definition) is 10. The van der Waals surface area contributed by atoms with E-state index in [1.807, 2.05) is 0 Å². The number of aliphatic hydroxyl groups excluding tert-OH is 3. The van der Waals surface area contributed by atoms with Crippen molar-refractivity contribution in [3.05, 3.63) is 0 Å². The third kappa shape index (κ3) is 5.47. The molecule has 0 spiro atoms. The SMILES string of the molecule is CC1(O)[C@@](C)(COC[C@@]2(C)C(C)(O)[C@@](C)(COC[C@]3(C)C(C)(CO)OCC(C)(O)[C@]3(C)O)OC(C)(CO)[C@@]2(C)O)OC(C)(CO)[C@@](C)(O)[C@@]1(C)O. The van der Waals surface area contributed by atoms with Crippen LogP contribution in [0, 0.1) is 10.8 Å². The molecule has 0 aromatic carbocycles. The largest absolute Gasteiger partial charge is 0.393 e. The number of rotatable bonds is 11. The van der Waals surface area contributed by atoms with Gasteiger partial charge >= 0.3 is 0 Å². The van der Waals surface area contributed by atoms with Gasteiger partial charge in [-0.3, -0.25) is 0 Å². The summed E-state index contributed by atoms with van der Waals surface area (Å²) in [7, 11) is 0. The summed E-state index contributed by atoms with van der Waals surface area (Å²) >= 11 is 0. The van der Waals surface area contributed by atoms with E-state index in [4.69, 9.17) is 23.7 Å². The Labute approximate surface area is 302 Å². The van der Waals surface area contributed by atoms with Crippen LogP contribution in [0.1, 0.15) is 96.9 Å². The molecule has 10 N–H and O–H groups in total. The summed E-state index contributed by atoms with van der Waals surface area (Å²) in [5.74, 6) is 0. The van der Waals surface area contributed by atoms with Gasteiger partial charge in [-0.25, -0.2) is 0 Å². The highest BCUT2D eigenvalue weighted by molar-refractivity contribution is 5.25. The molecule has 0 aromatic rings. The van der Waals surface area contributed by atoms with Crippen molar-refractivity contribution in [1.82, 2.24) is 0 Å². The maximum atomic E-state index is 12.5. The standard InChI is InChI=1S/C36H68O15/c1-23(26(4,15-37)49-20-25(3,40)31(23,9)41)18-47-21-29(7)33(11,43)24(2,32(10,42)27(5,16-38)50-29)19-48-22-30(8)35(13,45)36(14,46)34(12,44)28(6,17-39)51-30/h37-46H,15-22H2,1-14H3/t23-,24-,25?,26?,27?,28?,29-,30-,31-,32+,33?,34-,35?,36-/m1/s1. The fraction of sp³-hybridized carbons (Fsp3) is 1.00. The fourth-order valence-electron chi connectivity index (χ4n) is 8.65. The smallest absolute Gasteiger partial charge is 0.124 e. The summed E-state index contributed by atoms with van der Waals surface area (Å²) in [5, 5.41) is 113. The predicted molar refractivity (Wildman–Crippen MR) is 184 cm³/mol. The summed E-state index contributed by atoms with van der Waals surface area (Å²) in [4.78, 5) is 0. The first-order valence-corrected chi connectivity index (χ1v) is 17.6. The van der Waals surface area contributed by atoms with Gasteiger partial charge < -0.3 is 74.7 Å². The molecule has 0 aliphatic carbocycles. The van der Waals surface area contributed by atoms with E-state index in [0.29, 0.717) is 0 Å². The van der Waals surface area contributed by atoms with Crippen molar-refractivity contribution in [2.75, 3.05) is 52.9 Å². The van der Waals surface area contributed by atoms with Crippen LogP contribution in [0.5, 0.6) is 0 Å². The van der Waals surface area contributed by atoms with E-state index in [1.165, 1.54) is 76.2 Å². The number of hydrogen-bond acceptors (Lipinski definition) is 15.